The third kappa shape index (κ3) is 6.39. The number of hydrogen-bond donors (Lipinski definition) is 1. The van der Waals surface area contributed by atoms with Gasteiger partial charge in [0.05, 0.1) is 10.9 Å². The van der Waals surface area contributed by atoms with Gasteiger partial charge in [-0.25, -0.2) is 8.78 Å². The molecule has 3 rings (SSSR count). The zero-order chi connectivity index (χ0) is 20.8. The third-order valence-electron chi connectivity index (χ3n) is 4.79. The van der Waals surface area contributed by atoms with E-state index in [1.165, 1.54) is 30.3 Å². The molecule has 1 N–H and O–H groups in total. The number of carbonyl (C=O) groups is 1. The molecular formula is C21H22Cl2F2N2O3. The highest BCUT2D eigenvalue weighted by Crippen LogP contribution is 2.22. The quantitative estimate of drug-likeness (QED) is 0.374. The first kappa shape index (κ1) is 24.1. The van der Waals surface area contributed by atoms with E-state index in [4.69, 9.17) is 16.4 Å². The minimum absolute atomic E-state index is 0. The summed E-state index contributed by atoms with van der Waals surface area (Å²) in [5, 5.41) is 13.4. The van der Waals surface area contributed by atoms with E-state index in [-0.39, 0.29) is 35.7 Å². The Labute approximate surface area is 184 Å². The minimum Gasteiger partial charge on any atom is -0.481 e. The number of likely N-dealkylation sites (tertiary alicyclic amines) is 1. The number of carboxylic acid groups (broad SMARTS) is 1. The van der Waals surface area contributed by atoms with Crippen LogP contribution in [-0.2, 0) is 9.63 Å². The highest BCUT2D eigenvalue weighted by Gasteiger charge is 2.25. The van der Waals surface area contributed by atoms with Crippen molar-refractivity contribution in [2.45, 2.75) is 12.8 Å². The minimum atomic E-state index is -0.784. The van der Waals surface area contributed by atoms with E-state index in [1.54, 1.807) is 6.07 Å². The zero-order valence-electron chi connectivity index (χ0n) is 16.1. The van der Waals surface area contributed by atoms with Gasteiger partial charge in [-0.2, -0.15) is 0 Å². The van der Waals surface area contributed by atoms with E-state index < -0.39 is 17.6 Å². The molecule has 0 amide bonds. The predicted molar refractivity (Wildman–Crippen MR) is 113 cm³/mol. The lowest BCUT2D eigenvalue weighted by Crippen LogP contribution is -2.40. The van der Waals surface area contributed by atoms with E-state index in [9.17, 15) is 18.7 Å². The second-order valence-corrected chi connectivity index (χ2v) is 7.29. The van der Waals surface area contributed by atoms with Gasteiger partial charge in [-0.3, -0.25) is 9.69 Å². The molecule has 0 saturated carbocycles. The largest absolute Gasteiger partial charge is 0.481 e. The monoisotopic (exact) mass is 458 g/mol. The van der Waals surface area contributed by atoms with Crippen molar-refractivity contribution in [3.05, 3.63) is 70.2 Å². The Morgan fingerprint density at radius 1 is 1.23 bits per heavy atom. The number of nitrogens with zero attached hydrogens (tertiary/aromatic N) is 2. The summed E-state index contributed by atoms with van der Waals surface area (Å²) in [6, 6.07) is 9.67. The van der Waals surface area contributed by atoms with Crippen LogP contribution in [0.4, 0.5) is 8.78 Å². The Morgan fingerprint density at radius 3 is 2.70 bits per heavy atom. The first-order valence-corrected chi connectivity index (χ1v) is 9.68. The first-order chi connectivity index (χ1) is 13.9. The standard InChI is InChI=1S/C21H21ClF2N2O3.ClH/c22-19-12-17(24)6-7-18(19)20(14-3-1-5-16(23)11-14)25-29-10-9-26-8-2-4-15(13-26)21(27)28;/h1,3,5-7,11-12,15H,2,4,8-10,13H2,(H,27,28);1H/t15-;/m1./s1. The first-order valence-electron chi connectivity index (χ1n) is 9.30. The molecule has 0 aromatic heterocycles. The number of carboxylic acids is 1. The van der Waals surface area contributed by atoms with E-state index in [0.717, 1.165) is 19.0 Å². The molecule has 0 spiro atoms. The average molecular weight is 459 g/mol. The molecule has 162 valence electrons. The number of oxime groups is 1. The maximum Gasteiger partial charge on any atom is 0.307 e. The Balaban J connectivity index is 0.00000320. The molecule has 1 atom stereocenters. The van der Waals surface area contributed by atoms with Gasteiger partial charge in [-0.1, -0.05) is 28.9 Å². The molecule has 5 nitrogen and oxygen atoms in total. The summed E-state index contributed by atoms with van der Waals surface area (Å²) in [6.45, 7) is 2.02. The van der Waals surface area contributed by atoms with Crippen LogP contribution in [-0.4, -0.2) is 47.9 Å². The molecule has 0 radical (unpaired) electrons. The summed E-state index contributed by atoms with van der Waals surface area (Å²) in [5.74, 6) is -2.08. The molecule has 2 aromatic carbocycles. The predicted octanol–water partition coefficient (Wildman–Crippen LogP) is 4.61. The van der Waals surface area contributed by atoms with Gasteiger partial charge in [0.2, 0.25) is 0 Å². The summed E-state index contributed by atoms with van der Waals surface area (Å²) in [5.41, 5.74) is 1.15. The number of rotatable bonds is 7. The summed E-state index contributed by atoms with van der Waals surface area (Å²) in [6.07, 6.45) is 1.50. The van der Waals surface area contributed by atoms with Gasteiger partial charge in [-0.15, -0.1) is 12.4 Å². The molecule has 2 aromatic rings. The molecule has 30 heavy (non-hydrogen) atoms. The molecule has 0 aliphatic carbocycles. The lowest BCUT2D eigenvalue weighted by molar-refractivity contribution is -0.143. The van der Waals surface area contributed by atoms with Crippen molar-refractivity contribution in [2.75, 3.05) is 26.2 Å². The Hall–Kier alpha value is -2.22. The van der Waals surface area contributed by atoms with Crippen LogP contribution >= 0.6 is 24.0 Å². The topological polar surface area (TPSA) is 62.1 Å². The van der Waals surface area contributed by atoms with Gasteiger partial charge in [0.1, 0.15) is 24.0 Å². The van der Waals surface area contributed by atoms with Crippen LogP contribution < -0.4 is 0 Å². The van der Waals surface area contributed by atoms with Crippen LogP contribution in [0.1, 0.15) is 24.0 Å². The van der Waals surface area contributed by atoms with Crippen molar-refractivity contribution < 1.29 is 23.5 Å². The van der Waals surface area contributed by atoms with Crippen LogP contribution in [0.25, 0.3) is 0 Å². The Morgan fingerprint density at radius 2 is 2.00 bits per heavy atom. The zero-order valence-corrected chi connectivity index (χ0v) is 17.6. The molecule has 1 heterocycles. The number of piperidine rings is 1. The van der Waals surface area contributed by atoms with Gasteiger partial charge in [-0.05, 0) is 49.7 Å². The van der Waals surface area contributed by atoms with Crippen LogP contribution in [0.5, 0.6) is 0 Å². The Kier molecular flexibility index (Phi) is 9.02. The van der Waals surface area contributed by atoms with Crippen molar-refractivity contribution in [1.29, 1.82) is 0 Å². The fraction of sp³-hybridized carbons (Fsp3) is 0.333. The summed E-state index contributed by atoms with van der Waals surface area (Å²) >= 11 is 6.16. The van der Waals surface area contributed by atoms with Crippen LogP contribution in [0, 0.1) is 17.6 Å². The lowest BCUT2D eigenvalue weighted by atomic mass is 9.98. The number of hydrogen-bond acceptors (Lipinski definition) is 4. The molecular weight excluding hydrogens is 437 g/mol. The van der Waals surface area contributed by atoms with Gasteiger partial charge in [0, 0.05) is 24.2 Å². The van der Waals surface area contributed by atoms with E-state index in [1.807, 2.05) is 4.90 Å². The molecule has 1 fully saturated rings. The second kappa shape index (κ2) is 11.2. The third-order valence-corrected chi connectivity index (χ3v) is 5.11. The summed E-state index contributed by atoms with van der Waals surface area (Å²) in [4.78, 5) is 18.6. The van der Waals surface area contributed by atoms with Gasteiger partial charge >= 0.3 is 5.97 Å². The number of halogens is 4. The smallest absolute Gasteiger partial charge is 0.307 e. The van der Waals surface area contributed by atoms with Crippen molar-refractivity contribution >= 4 is 35.7 Å². The summed E-state index contributed by atoms with van der Waals surface area (Å²) < 4.78 is 27.1. The van der Waals surface area contributed by atoms with Crippen molar-refractivity contribution in [2.24, 2.45) is 11.1 Å². The lowest BCUT2D eigenvalue weighted by Gasteiger charge is -2.29. The molecule has 9 heteroatoms. The average Bonchev–Trinajstić information content (AvgIpc) is 2.69. The van der Waals surface area contributed by atoms with Crippen LogP contribution in [0.2, 0.25) is 5.02 Å². The molecule has 1 aliphatic heterocycles. The normalized spacial score (nSPS) is 17.3. The molecule has 1 aliphatic rings. The van der Waals surface area contributed by atoms with Crippen LogP contribution in [0.15, 0.2) is 47.6 Å². The molecule has 0 bridgehead atoms. The van der Waals surface area contributed by atoms with Gasteiger partial charge in [0.25, 0.3) is 0 Å². The van der Waals surface area contributed by atoms with E-state index >= 15 is 0 Å². The fourth-order valence-corrected chi connectivity index (χ4v) is 3.57. The summed E-state index contributed by atoms with van der Waals surface area (Å²) in [7, 11) is 0. The van der Waals surface area contributed by atoms with E-state index in [0.29, 0.717) is 30.6 Å². The van der Waals surface area contributed by atoms with E-state index in [2.05, 4.69) is 5.16 Å². The molecule has 0 unspecified atom stereocenters. The second-order valence-electron chi connectivity index (χ2n) is 6.89. The Bertz CT molecular complexity index is 912. The highest BCUT2D eigenvalue weighted by atomic mass is 35.5. The van der Waals surface area contributed by atoms with Crippen LogP contribution in [0.3, 0.4) is 0 Å². The van der Waals surface area contributed by atoms with Crippen molar-refractivity contribution in [1.82, 2.24) is 4.90 Å². The number of benzene rings is 2. The van der Waals surface area contributed by atoms with Crippen molar-refractivity contribution in [3.63, 3.8) is 0 Å². The van der Waals surface area contributed by atoms with Gasteiger partial charge < -0.3 is 9.94 Å². The van der Waals surface area contributed by atoms with Gasteiger partial charge in [0.15, 0.2) is 0 Å². The maximum absolute atomic E-state index is 13.7. The fourth-order valence-electron chi connectivity index (χ4n) is 3.31. The highest BCUT2D eigenvalue weighted by molar-refractivity contribution is 6.35. The SMILES string of the molecule is Cl.O=C(O)[C@@H]1CCCN(CCON=C(c2cccc(F)c2)c2ccc(F)cc2Cl)C1. The maximum atomic E-state index is 13.7. The molecule has 1 saturated heterocycles. The van der Waals surface area contributed by atoms with Crippen molar-refractivity contribution in [3.8, 4) is 0 Å². The number of aliphatic carboxylic acids is 1.